The molecule has 2 heterocycles. The van der Waals surface area contributed by atoms with E-state index in [2.05, 4.69) is 46.1 Å². The van der Waals surface area contributed by atoms with Crippen LogP contribution in [0.3, 0.4) is 0 Å². The number of hydrogen-bond donors (Lipinski definition) is 3. The van der Waals surface area contributed by atoms with Gasteiger partial charge >= 0.3 is 0 Å². The average Bonchev–Trinajstić information content (AvgIpc) is 3.44. The summed E-state index contributed by atoms with van der Waals surface area (Å²) >= 11 is 0. The SMILES string of the molecule is CC1=C(c2ccccc2)C(C[C@H](O)[C@H]2CC[C@H](C(=O)N[C@H]3CC[C@H](O)CC3)CC2)n2cncc21. The first-order valence-electron chi connectivity index (χ1n) is 13.0. The second-order valence-corrected chi connectivity index (χ2v) is 10.5. The monoisotopic (exact) mass is 463 g/mol. The van der Waals surface area contributed by atoms with Crippen LogP contribution in [0.1, 0.15) is 82.0 Å². The van der Waals surface area contributed by atoms with Crippen molar-refractivity contribution in [2.24, 2.45) is 11.8 Å². The van der Waals surface area contributed by atoms with Crippen LogP contribution in [0.4, 0.5) is 0 Å². The van der Waals surface area contributed by atoms with Crippen molar-refractivity contribution in [1.82, 2.24) is 14.9 Å². The fraction of sp³-hybridized carbons (Fsp3) is 0.571. The number of benzene rings is 1. The van der Waals surface area contributed by atoms with E-state index in [9.17, 15) is 15.0 Å². The van der Waals surface area contributed by atoms with E-state index in [0.29, 0.717) is 6.42 Å². The molecular formula is C28H37N3O3. The van der Waals surface area contributed by atoms with Crippen LogP contribution in [0, 0.1) is 11.8 Å². The van der Waals surface area contributed by atoms with Gasteiger partial charge in [0.15, 0.2) is 0 Å². The number of amides is 1. The minimum Gasteiger partial charge on any atom is -0.393 e. The number of carbonyl (C=O) groups is 1. The molecule has 6 nitrogen and oxygen atoms in total. The third kappa shape index (κ3) is 4.71. The number of carbonyl (C=O) groups excluding carboxylic acids is 1. The number of aromatic nitrogens is 2. The highest BCUT2D eigenvalue weighted by Gasteiger charge is 2.36. The normalized spacial score (nSPS) is 30.1. The minimum atomic E-state index is -0.409. The number of fused-ring (bicyclic) bond motifs is 1. The van der Waals surface area contributed by atoms with Gasteiger partial charge in [0, 0.05) is 12.0 Å². The Morgan fingerprint density at radius 1 is 1.09 bits per heavy atom. The summed E-state index contributed by atoms with van der Waals surface area (Å²) in [7, 11) is 0. The molecule has 5 rings (SSSR count). The van der Waals surface area contributed by atoms with Gasteiger partial charge in [-0.25, -0.2) is 4.98 Å². The zero-order valence-corrected chi connectivity index (χ0v) is 20.1. The van der Waals surface area contributed by atoms with Crippen LogP contribution in [-0.4, -0.2) is 43.9 Å². The maximum Gasteiger partial charge on any atom is 0.223 e. The zero-order chi connectivity index (χ0) is 23.7. The Kier molecular flexibility index (Phi) is 6.89. The summed E-state index contributed by atoms with van der Waals surface area (Å²) in [6.07, 6.45) is 10.6. The molecule has 0 bridgehead atoms. The van der Waals surface area contributed by atoms with Crippen molar-refractivity contribution in [2.75, 3.05) is 0 Å². The van der Waals surface area contributed by atoms with Gasteiger partial charge in [-0.3, -0.25) is 4.79 Å². The summed E-state index contributed by atoms with van der Waals surface area (Å²) in [5, 5.41) is 24.2. The first-order chi connectivity index (χ1) is 16.5. The lowest BCUT2D eigenvalue weighted by Crippen LogP contribution is -2.43. The van der Waals surface area contributed by atoms with Crippen molar-refractivity contribution in [1.29, 1.82) is 0 Å². The molecule has 2 aliphatic carbocycles. The predicted molar refractivity (Wildman–Crippen MR) is 133 cm³/mol. The molecular weight excluding hydrogens is 426 g/mol. The smallest absolute Gasteiger partial charge is 0.223 e. The van der Waals surface area contributed by atoms with E-state index in [0.717, 1.165) is 57.1 Å². The third-order valence-electron chi connectivity index (χ3n) is 8.40. The van der Waals surface area contributed by atoms with Crippen molar-refractivity contribution in [3.63, 3.8) is 0 Å². The lowest BCUT2D eigenvalue weighted by Gasteiger charge is -2.34. The molecule has 182 valence electrons. The van der Waals surface area contributed by atoms with Crippen LogP contribution in [0.25, 0.3) is 11.1 Å². The fourth-order valence-electron chi connectivity index (χ4n) is 6.36. The lowest BCUT2D eigenvalue weighted by molar-refractivity contribution is -0.127. The molecule has 2 fully saturated rings. The van der Waals surface area contributed by atoms with E-state index in [1.54, 1.807) is 0 Å². The van der Waals surface area contributed by atoms with E-state index >= 15 is 0 Å². The molecule has 1 unspecified atom stereocenters. The van der Waals surface area contributed by atoms with Gasteiger partial charge in [0.05, 0.1) is 36.5 Å². The number of rotatable bonds is 6. The number of aliphatic hydroxyl groups excluding tert-OH is 2. The number of nitrogens with one attached hydrogen (secondary N) is 1. The largest absolute Gasteiger partial charge is 0.393 e. The summed E-state index contributed by atoms with van der Waals surface area (Å²) in [6, 6.07) is 10.7. The van der Waals surface area contributed by atoms with Crippen LogP contribution in [0.2, 0.25) is 0 Å². The maximum atomic E-state index is 12.8. The molecule has 6 heteroatoms. The predicted octanol–water partition coefficient (Wildman–Crippen LogP) is 4.35. The van der Waals surface area contributed by atoms with Crippen LogP contribution < -0.4 is 5.32 Å². The molecule has 1 amide bonds. The van der Waals surface area contributed by atoms with E-state index in [-0.39, 0.29) is 35.9 Å². The molecule has 2 atom stereocenters. The summed E-state index contributed by atoms with van der Waals surface area (Å²) in [6.45, 7) is 2.15. The van der Waals surface area contributed by atoms with Gasteiger partial charge in [-0.15, -0.1) is 0 Å². The van der Waals surface area contributed by atoms with E-state index in [1.807, 2.05) is 18.6 Å². The Hall–Kier alpha value is -2.44. The first-order valence-corrected chi connectivity index (χ1v) is 13.0. The van der Waals surface area contributed by atoms with Crippen LogP contribution in [0.15, 0.2) is 42.9 Å². The number of hydrogen-bond acceptors (Lipinski definition) is 4. The highest BCUT2D eigenvalue weighted by Crippen LogP contribution is 2.45. The summed E-state index contributed by atoms with van der Waals surface area (Å²) in [4.78, 5) is 17.2. The average molecular weight is 464 g/mol. The van der Waals surface area contributed by atoms with E-state index in [4.69, 9.17) is 0 Å². The van der Waals surface area contributed by atoms with Gasteiger partial charge < -0.3 is 20.1 Å². The molecule has 2 saturated carbocycles. The van der Waals surface area contributed by atoms with Crippen molar-refractivity contribution >= 4 is 17.1 Å². The highest BCUT2D eigenvalue weighted by atomic mass is 16.3. The van der Waals surface area contributed by atoms with Crippen molar-refractivity contribution in [3.8, 4) is 0 Å². The Balaban J connectivity index is 1.19. The van der Waals surface area contributed by atoms with Crippen molar-refractivity contribution in [2.45, 2.75) is 89.0 Å². The Morgan fingerprint density at radius 3 is 2.50 bits per heavy atom. The molecule has 3 N–H and O–H groups in total. The Bertz CT molecular complexity index is 1010. The quantitative estimate of drug-likeness (QED) is 0.595. The standard InChI is InChI=1S/C28H37N3O3/c1-18-25-16-29-17-31(25)24(27(18)20-5-3-2-4-6-20)15-26(33)19-7-9-21(10-8-19)28(34)30-22-11-13-23(32)14-12-22/h2-6,16-17,19,21-24,26,32-33H,7-15H2,1H3,(H,30,34)/t19-,21-,22-,23-,24?,26-/m0/s1. The van der Waals surface area contributed by atoms with Crippen LogP contribution in [0.5, 0.6) is 0 Å². The lowest BCUT2D eigenvalue weighted by atomic mass is 9.77. The number of allylic oxidation sites excluding steroid dienone is 2. The molecule has 2 aromatic rings. The molecule has 0 spiro atoms. The van der Waals surface area contributed by atoms with E-state index in [1.165, 1.54) is 16.7 Å². The van der Waals surface area contributed by atoms with Crippen molar-refractivity contribution in [3.05, 3.63) is 54.1 Å². The van der Waals surface area contributed by atoms with Crippen molar-refractivity contribution < 1.29 is 15.0 Å². The zero-order valence-electron chi connectivity index (χ0n) is 20.1. The molecule has 0 saturated heterocycles. The topological polar surface area (TPSA) is 87.4 Å². The first kappa shape index (κ1) is 23.3. The minimum absolute atomic E-state index is 0.0454. The second kappa shape index (κ2) is 10.0. The fourth-order valence-corrected chi connectivity index (χ4v) is 6.36. The van der Waals surface area contributed by atoms with Gasteiger partial charge in [0.1, 0.15) is 0 Å². The van der Waals surface area contributed by atoms with E-state index < -0.39 is 6.10 Å². The van der Waals surface area contributed by atoms with Gasteiger partial charge in [0.2, 0.25) is 5.91 Å². The molecule has 1 aromatic heterocycles. The number of imidazole rings is 1. The Labute approximate surface area is 202 Å². The van der Waals surface area contributed by atoms with Gasteiger partial charge in [-0.2, -0.15) is 0 Å². The van der Waals surface area contributed by atoms with Gasteiger partial charge in [-0.05, 0) is 87.3 Å². The number of nitrogens with zero attached hydrogens (tertiary/aromatic N) is 2. The molecule has 1 aliphatic heterocycles. The molecule has 3 aliphatic rings. The number of aliphatic hydroxyl groups is 2. The van der Waals surface area contributed by atoms with Gasteiger partial charge in [-0.1, -0.05) is 30.3 Å². The summed E-state index contributed by atoms with van der Waals surface area (Å²) in [5.41, 5.74) is 4.85. The summed E-state index contributed by atoms with van der Waals surface area (Å²) in [5.74, 6) is 0.431. The molecule has 34 heavy (non-hydrogen) atoms. The third-order valence-corrected chi connectivity index (χ3v) is 8.40. The van der Waals surface area contributed by atoms with Gasteiger partial charge in [0.25, 0.3) is 0 Å². The maximum absolute atomic E-state index is 12.8. The second-order valence-electron chi connectivity index (χ2n) is 10.5. The Morgan fingerprint density at radius 2 is 1.79 bits per heavy atom. The summed E-state index contributed by atoms with van der Waals surface area (Å²) < 4.78 is 2.21. The van der Waals surface area contributed by atoms with Crippen LogP contribution in [-0.2, 0) is 4.79 Å². The molecule has 1 aromatic carbocycles. The highest BCUT2D eigenvalue weighted by molar-refractivity contribution is 5.93. The molecule has 0 radical (unpaired) electrons. The van der Waals surface area contributed by atoms with Crippen LogP contribution >= 0.6 is 0 Å².